The number of H-pyrrole nitrogens is 1. The van der Waals surface area contributed by atoms with Crippen LogP contribution in [0, 0.1) is 0 Å². The van der Waals surface area contributed by atoms with Crippen molar-refractivity contribution in [3.05, 3.63) is 64.9 Å². The van der Waals surface area contributed by atoms with Crippen LogP contribution in [0.4, 0.5) is 0 Å². The highest BCUT2D eigenvalue weighted by atomic mass is 35.5. The van der Waals surface area contributed by atoms with Crippen molar-refractivity contribution in [2.24, 2.45) is 0 Å². The van der Waals surface area contributed by atoms with Crippen molar-refractivity contribution in [2.45, 2.75) is 6.92 Å². The molecular formula is C16H13ClN2. The van der Waals surface area contributed by atoms with Crippen molar-refractivity contribution in [2.75, 3.05) is 0 Å². The molecule has 0 aliphatic rings. The van der Waals surface area contributed by atoms with Crippen molar-refractivity contribution in [3.63, 3.8) is 0 Å². The van der Waals surface area contributed by atoms with Gasteiger partial charge in [0.1, 0.15) is 5.82 Å². The molecule has 19 heavy (non-hydrogen) atoms. The van der Waals surface area contributed by atoms with Gasteiger partial charge in [-0.2, -0.15) is 0 Å². The van der Waals surface area contributed by atoms with E-state index in [4.69, 9.17) is 11.6 Å². The molecule has 0 saturated carbocycles. The molecule has 0 saturated heterocycles. The lowest BCUT2D eigenvalue weighted by Gasteiger charge is -1.99. The first-order valence-electron chi connectivity index (χ1n) is 6.12. The number of nitrogens with one attached hydrogen (secondary N) is 1. The number of para-hydroxylation sites is 2. The fourth-order valence-corrected chi connectivity index (χ4v) is 2.22. The molecule has 0 aliphatic carbocycles. The average molecular weight is 269 g/mol. The number of hydrogen-bond acceptors (Lipinski definition) is 1. The third-order valence-electron chi connectivity index (χ3n) is 3.04. The zero-order valence-electron chi connectivity index (χ0n) is 10.5. The van der Waals surface area contributed by atoms with Crippen molar-refractivity contribution < 1.29 is 0 Å². The number of fused-ring (bicyclic) bond motifs is 1. The third kappa shape index (κ3) is 2.40. The summed E-state index contributed by atoms with van der Waals surface area (Å²) in [6.07, 6.45) is 2.04. The van der Waals surface area contributed by atoms with Crippen LogP contribution in [0.1, 0.15) is 18.3 Å². The van der Waals surface area contributed by atoms with Gasteiger partial charge in [0.15, 0.2) is 0 Å². The lowest BCUT2D eigenvalue weighted by Crippen LogP contribution is -1.83. The van der Waals surface area contributed by atoms with Crippen LogP contribution < -0.4 is 0 Å². The lowest BCUT2D eigenvalue weighted by atomic mass is 10.1. The van der Waals surface area contributed by atoms with Crippen LogP contribution in [0.15, 0.2) is 48.5 Å². The molecule has 94 valence electrons. The molecule has 0 bridgehead atoms. The Hall–Kier alpha value is -2.06. The summed E-state index contributed by atoms with van der Waals surface area (Å²) in [4.78, 5) is 7.88. The number of benzene rings is 2. The summed E-state index contributed by atoms with van der Waals surface area (Å²) in [7, 11) is 0. The van der Waals surface area contributed by atoms with Crippen LogP contribution in [-0.2, 0) is 0 Å². The molecule has 1 N–H and O–H groups in total. The minimum Gasteiger partial charge on any atom is -0.338 e. The van der Waals surface area contributed by atoms with Gasteiger partial charge in [-0.05, 0) is 42.3 Å². The van der Waals surface area contributed by atoms with E-state index in [-0.39, 0.29) is 0 Å². The second-order valence-corrected chi connectivity index (χ2v) is 4.86. The number of imidazole rings is 1. The van der Waals surface area contributed by atoms with E-state index in [0.29, 0.717) is 0 Å². The fourth-order valence-electron chi connectivity index (χ4n) is 2.03. The summed E-state index contributed by atoms with van der Waals surface area (Å²) in [5.74, 6) is 0.876. The van der Waals surface area contributed by atoms with E-state index in [2.05, 4.69) is 9.97 Å². The quantitative estimate of drug-likeness (QED) is 0.712. The third-order valence-corrected chi connectivity index (χ3v) is 3.38. The number of aromatic amines is 1. The normalized spacial score (nSPS) is 12.0. The second-order valence-electron chi connectivity index (χ2n) is 4.45. The van der Waals surface area contributed by atoms with Gasteiger partial charge in [0.05, 0.1) is 11.0 Å². The molecule has 3 rings (SSSR count). The summed E-state index contributed by atoms with van der Waals surface area (Å²) in [6, 6.07) is 15.8. The number of halogens is 1. The summed E-state index contributed by atoms with van der Waals surface area (Å²) in [6.45, 7) is 2.03. The highest BCUT2D eigenvalue weighted by Gasteiger charge is 2.04. The monoisotopic (exact) mass is 268 g/mol. The first-order chi connectivity index (χ1) is 9.24. The standard InChI is InChI=1S/C16H13ClN2/c1-11(10-12-6-2-3-7-13(12)17)16-18-14-8-4-5-9-15(14)19-16/h2-10H,1H3,(H,18,19)/b11-10-. The van der Waals surface area contributed by atoms with E-state index in [1.54, 1.807) is 0 Å². The number of hydrogen-bond donors (Lipinski definition) is 1. The van der Waals surface area contributed by atoms with Gasteiger partial charge in [-0.1, -0.05) is 41.9 Å². The molecule has 0 fully saturated rings. The van der Waals surface area contributed by atoms with E-state index in [1.807, 2.05) is 61.5 Å². The SMILES string of the molecule is C/C(=C/c1ccccc1Cl)c1nc2ccccc2[nH]1. The minimum atomic E-state index is 0.748. The van der Waals surface area contributed by atoms with Gasteiger partial charge in [0.25, 0.3) is 0 Å². The molecule has 1 heterocycles. The predicted octanol–water partition coefficient (Wildman–Crippen LogP) is 4.78. The first kappa shape index (κ1) is 12.0. The van der Waals surface area contributed by atoms with Gasteiger partial charge >= 0.3 is 0 Å². The lowest BCUT2D eigenvalue weighted by molar-refractivity contribution is 1.26. The Balaban J connectivity index is 2.04. The van der Waals surface area contributed by atoms with Crippen molar-refractivity contribution >= 4 is 34.3 Å². The molecule has 2 aromatic carbocycles. The maximum Gasteiger partial charge on any atom is 0.134 e. The zero-order valence-corrected chi connectivity index (χ0v) is 11.3. The molecule has 0 amide bonds. The molecule has 0 unspecified atom stereocenters. The maximum atomic E-state index is 6.16. The largest absolute Gasteiger partial charge is 0.338 e. The fraction of sp³-hybridized carbons (Fsp3) is 0.0625. The smallest absolute Gasteiger partial charge is 0.134 e. The minimum absolute atomic E-state index is 0.748. The van der Waals surface area contributed by atoms with Crippen LogP contribution in [0.3, 0.4) is 0 Å². The Morgan fingerprint density at radius 2 is 1.84 bits per heavy atom. The van der Waals surface area contributed by atoms with Crippen molar-refractivity contribution in [1.29, 1.82) is 0 Å². The number of rotatable bonds is 2. The van der Waals surface area contributed by atoms with Gasteiger partial charge in [0.2, 0.25) is 0 Å². The molecule has 3 aromatic rings. The topological polar surface area (TPSA) is 28.7 Å². The van der Waals surface area contributed by atoms with Gasteiger partial charge in [-0.15, -0.1) is 0 Å². The van der Waals surface area contributed by atoms with E-state index < -0.39 is 0 Å². The Bertz CT molecular complexity index is 723. The Labute approximate surface area is 116 Å². The first-order valence-corrected chi connectivity index (χ1v) is 6.50. The molecule has 0 spiro atoms. The maximum absolute atomic E-state index is 6.16. The summed E-state index contributed by atoms with van der Waals surface area (Å²) in [5, 5.41) is 0.748. The summed E-state index contributed by atoms with van der Waals surface area (Å²) >= 11 is 6.16. The Morgan fingerprint density at radius 3 is 2.63 bits per heavy atom. The molecular weight excluding hydrogens is 256 g/mol. The Morgan fingerprint density at radius 1 is 1.11 bits per heavy atom. The van der Waals surface area contributed by atoms with Gasteiger partial charge < -0.3 is 4.98 Å². The average Bonchev–Trinajstić information content (AvgIpc) is 2.85. The van der Waals surface area contributed by atoms with Crippen molar-refractivity contribution in [3.8, 4) is 0 Å². The van der Waals surface area contributed by atoms with E-state index in [1.165, 1.54) is 0 Å². The summed E-state index contributed by atoms with van der Waals surface area (Å²) in [5.41, 5.74) is 4.08. The van der Waals surface area contributed by atoms with Crippen LogP contribution in [-0.4, -0.2) is 9.97 Å². The van der Waals surface area contributed by atoms with Gasteiger partial charge in [0, 0.05) is 5.02 Å². The van der Waals surface area contributed by atoms with Crippen LogP contribution in [0.25, 0.3) is 22.7 Å². The van der Waals surface area contributed by atoms with Crippen molar-refractivity contribution in [1.82, 2.24) is 9.97 Å². The molecule has 2 nitrogen and oxygen atoms in total. The van der Waals surface area contributed by atoms with Crippen LogP contribution in [0.2, 0.25) is 5.02 Å². The molecule has 0 aliphatic heterocycles. The van der Waals surface area contributed by atoms with E-state index in [9.17, 15) is 0 Å². The number of aromatic nitrogens is 2. The van der Waals surface area contributed by atoms with Gasteiger partial charge in [-0.3, -0.25) is 0 Å². The summed E-state index contributed by atoms with van der Waals surface area (Å²) < 4.78 is 0. The number of nitrogens with zero attached hydrogens (tertiary/aromatic N) is 1. The Kier molecular flexibility index (Phi) is 3.10. The van der Waals surface area contributed by atoms with E-state index >= 15 is 0 Å². The van der Waals surface area contributed by atoms with Crippen LogP contribution in [0.5, 0.6) is 0 Å². The predicted molar refractivity (Wildman–Crippen MR) is 81.1 cm³/mol. The van der Waals surface area contributed by atoms with Gasteiger partial charge in [-0.25, -0.2) is 4.98 Å². The molecule has 0 radical (unpaired) electrons. The van der Waals surface area contributed by atoms with Crippen LogP contribution >= 0.6 is 11.6 Å². The molecule has 3 heteroatoms. The zero-order chi connectivity index (χ0) is 13.2. The highest BCUT2D eigenvalue weighted by molar-refractivity contribution is 6.32. The molecule has 1 aromatic heterocycles. The molecule has 0 atom stereocenters. The highest BCUT2D eigenvalue weighted by Crippen LogP contribution is 2.22. The van der Waals surface area contributed by atoms with E-state index in [0.717, 1.165) is 33.0 Å². The second kappa shape index (κ2) is 4.90. The number of allylic oxidation sites excluding steroid dienone is 1.